The average Bonchev–Trinajstić information content (AvgIpc) is 3.58. The third-order valence-electron chi connectivity index (χ3n) is 6.34. The number of nitrogens with one attached hydrogen (secondary N) is 1. The number of aromatic nitrogens is 4. The van der Waals surface area contributed by atoms with Gasteiger partial charge in [0.15, 0.2) is 5.76 Å². The van der Waals surface area contributed by atoms with Crippen LogP contribution in [0, 0.1) is 0 Å². The number of H-pyrrole nitrogens is 1. The fourth-order valence-electron chi connectivity index (χ4n) is 4.47. The number of hydrogen-bond acceptors (Lipinski definition) is 8. The largest absolute Gasteiger partial charge is 0.461 e. The van der Waals surface area contributed by atoms with Crippen molar-refractivity contribution >= 4 is 11.5 Å². The molecule has 0 radical (unpaired) electrons. The van der Waals surface area contributed by atoms with Crippen LogP contribution in [0.5, 0.6) is 0 Å². The number of anilines is 2. The third kappa shape index (κ3) is 5.17. The first kappa shape index (κ1) is 23.4. The zero-order valence-corrected chi connectivity index (χ0v) is 19.9. The lowest BCUT2D eigenvalue weighted by Crippen LogP contribution is -2.39. The van der Waals surface area contributed by atoms with Crippen molar-refractivity contribution in [3.05, 3.63) is 92.7 Å². The highest BCUT2D eigenvalue weighted by molar-refractivity contribution is 5.62. The van der Waals surface area contributed by atoms with E-state index in [4.69, 9.17) is 14.7 Å². The van der Waals surface area contributed by atoms with E-state index in [1.165, 1.54) is 22.8 Å². The van der Waals surface area contributed by atoms with Crippen LogP contribution in [0.15, 0.2) is 78.9 Å². The molecule has 0 fully saturated rings. The lowest BCUT2D eigenvalue weighted by molar-refractivity contribution is 0.375. The molecule has 0 bridgehead atoms. The molecular weight excluding hydrogens is 460 g/mol. The molecule has 10 nitrogen and oxygen atoms in total. The highest BCUT2D eigenvalue weighted by Crippen LogP contribution is 2.25. The van der Waals surface area contributed by atoms with Gasteiger partial charge in [0, 0.05) is 6.54 Å². The molecule has 0 unspecified atom stereocenters. The maximum atomic E-state index is 13.1. The summed E-state index contributed by atoms with van der Waals surface area (Å²) in [6.45, 7) is 0.885. The molecule has 186 valence electrons. The molecule has 4 aromatic rings. The number of aromatic amines is 1. The van der Waals surface area contributed by atoms with E-state index in [0.717, 1.165) is 31.2 Å². The van der Waals surface area contributed by atoms with Crippen LogP contribution in [0.25, 0.3) is 11.6 Å². The Morgan fingerprint density at radius 2 is 1.97 bits per heavy atom. The molecule has 0 spiro atoms. The van der Waals surface area contributed by atoms with Crippen LogP contribution < -0.4 is 21.9 Å². The van der Waals surface area contributed by atoms with Crippen LogP contribution in [-0.2, 0) is 13.1 Å². The van der Waals surface area contributed by atoms with E-state index in [2.05, 4.69) is 21.2 Å². The molecule has 3 N–H and O–H groups in total. The van der Waals surface area contributed by atoms with E-state index in [1.54, 1.807) is 12.1 Å². The molecule has 3 heterocycles. The number of allylic oxidation sites excluding steroid dienone is 1. The smallest absolute Gasteiger partial charge is 0.330 e. The fourth-order valence-corrected chi connectivity index (χ4v) is 4.47. The van der Waals surface area contributed by atoms with E-state index in [1.807, 2.05) is 35.2 Å². The summed E-state index contributed by atoms with van der Waals surface area (Å²) < 4.78 is 12.2. The normalized spacial score (nSPS) is 13.5. The van der Waals surface area contributed by atoms with Crippen molar-refractivity contribution in [1.29, 1.82) is 0 Å². The van der Waals surface area contributed by atoms with Crippen molar-refractivity contribution in [1.82, 2.24) is 19.7 Å². The maximum Gasteiger partial charge on any atom is 0.330 e. The lowest BCUT2D eigenvalue weighted by Gasteiger charge is -2.26. The molecule has 0 aliphatic heterocycles. The molecule has 0 amide bonds. The topological polar surface area (TPSA) is 136 Å². The van der Waals surface area contributed by atoms with E-state index in [-0.39, 0.29) is 24.6 Å². The van der Waals surface area contributed by atoms with Gasteiger partial charge in [-0.1, -0.05) is 47.1 Å². The summed E-state index contributed by atoms with van der Waals surface area (Å²) in [6.07, 6.45) is 9.02. The van der Waals surface area contributed by atoms with Gasteiger partial charge in [-0.25, -0.2) is 4.79 Å². The second-order valence-electron chi connectivity index (χ2n) is 8.83. The zero-order valence-electron chi connectivity index (χ0n) is 19.9. The Labute approximate surface area is 207 Å². The van der Waals surface area contributed by atoms with Gasteiger partial charge in [-0.3, -0.25) is 14.3 Å². The number of benzene rings is 1. The minimum Gasteiger partial charge on any atom is -0.461 e. The van der Waals surface area contributed by atoms with Gasteiger partial charge >= 0.3 is 5.69 Å². The molecule has 0 saturated carbocycles. The summed E-state index contributed by atoms with van der Waals surface area (Å²) in [7, 11) is 0. The first-order valence-corrected chi connectivity index (χ1v) is 12.0. The molecule has 1 aliphatic rings. The van der Waals surface area contributed by atoms with Gasteiger partial charge in [0.25, 0.3) is 5.56 Å². The zero-order chi connectivity index (χ0) is 24.9. The van der Waals surface area contributed by atoms with Crippen molar-refractivity contribution in [3.63, 3.8) is 0 Å². The van der Waals surface area contributed by atoms with Crippen molar-refractivity contribution in [2.24, 2.45) is 0 Å². The van der Waals surface area contributed by atoms with Gasteiger partial charge in [-0.15, -0.1) is 0 Å². The van der Waals surface area contributed by atoms with Crippen molar-refractivity contribution in [3.8, 4) is 11.6 Å². The third-order valence-corrected chi connectivity index (χ3v) is 6.34. The number of nitrogens with zero attached hydrogens (tertiary/aromatic N) is 4. The minimum atomic E-state index is -0.557. The average molecular weight is 489 g/mol. The lowest BCUT2D eigenvalue weighted by atomic mass is 9.97. The summed E-state index contributed by atoms with van der Waals surface area (Å²) in [4.78, 5) is 34.4. The molecular formula is C26H28N6O4. The molecule has 36 heavy (non-hydrogen) atoms. The van der Waals surface area contributed by atoms with E-state index >= 15 is 0 Å². The summed E-state index contributed by atoms with van der Waals surface area (Å²) in [5, 5.41) is 4.00. The van der Waals surface area contributed by atoms with Crippen molar-refractivity contribution in [2.45, 2.75) is 45.2 Å². The van der Waals surface area contributed by atoms with Crippen LogP contribution >= 0.6 is 0 Å². The van der Waals surface area contributed by atoms with Crippen LogP contribution in [0.1, 0.15) is 43.6 Å². The second kappa shape index (κ2) is 10.5. The Balaban J connectivity index is 1.49. The van der Waals surface area contributed by atoms with Crippen LogP contribution in [0.2, 0.25) is 0 Å². The number of rotatable bonds is 9. The summed E-state index contributed by atoms with van der Waals surface area (Å²) in [5.74, 6) is 1.20. The van der Waals surface area contributed by atoms with Gasteiger partial charge in [-0.05, 0) is 49.8 Å². The van der Waals surface area contributed by atoms with Crippen molar-refractivity contribution < 1.29 is 8.94 Å². The summed E-state index contributed by atoms with van der Waals surface area (Å²) in [6, 6.07) is 13.0. The molecule has 0 saturated heterocycles. The van der Waals surface area contributed by atoms with E-state index in [9.17, 15) is 9.59 Å². The van der Waals surface area contributed by atoms with Gasteiger partial charge in [0.05, 0.1) is 19.4 Å². The van der Waals surface area contributed by atoms with Crippen LogP contribution in [0.3, 0.4) is 0 Å². The number of nitrogens with two attached hydrogens (primary N) is 1. The molecule has 1 aromatic carbocycles. The molecule has 3 aromatic heterocycles. The van der Waals surface area contributed by atoms with E-state index in [0.29, 0.717) is 24.0 Å². The van der Waals surface area contributed by atoms with Crippen molar-refractivity contribution in [2.75, 3.05) is 17.2 Å². The fraction of sp³-hybridized carbons (Fsp3) is 0.308. The highest BCUT2D eigenvalue weighted by Gasteiger charge is 2.22. The Hall–Kier alpha value is -4.34. The van der Waals surface area contributed by atoms with Gasteiger partial charge in [-0.2, -0.15) is 4.98 Å². The minimum absolute atomic E-state index is 0.0935. The SMILES string of the molecule is Nc1c(N(CCC2=CCCCC2)Cc2nc(-c3ccco3)no2)c(=O)[nH]c(=O)n1Cc1ccccc1. The van der Waals surface area contributed by atoms with Gasteiger partial charge < -0.3 is 19.6 Å². The Morgan fingerprint density at radius 1 is 1.11 bits per heavy atom. The highest BCUT2D eigenvalue weighted by atomic mass is 16.5. The Bertz CT molecular complexity index is 1450. The predicted molar refractivity (Wildman–Crippen MR) is 135 cm³/mol. The quantitative estimate of drug-likeness (QED) is 0.340. The molecule has 10 heteroatoms. The molecule has 5 rings (SSSR count). The van der Waals surface area contributed by atoms with Gasteiger partial charge in [0.2, 0.25) is 11.7 Å². The predicted octanol–water partition coefficient (Wildman–Crippen LogP) is 3.71. The Morgan fingerprint density at radius 3 is 2.72 bits per heavy atom. The van der Waals surface area contributed by atoms with Crippen LogP contribution in [0.4, 0.5) is 11.5 Å². The molecule has 0 atom stereocenters. The monoisotopic (exact) mass is 488 g/mol. The summed E-state index contributed by atoms with van der Waals surface area (Å²) >= 11 is 0. The number of nitrogen functional groups attached to an aromatic ring is 1. The standard InChI is InChI=1S/C26H28N6O4/c27-23-22(25(33)29-26(34)32(23)16-19-10-5-2-6-11-19)31(14-13-18-8-3-1-4-9-18)17-21-28-24(30-36-21)20-12-7-15-35-20/h2,5-8,10-12,15H,1,3-4,9,13-14,16-17,27H2,(H,29,33,34). The van der Waals surface area contributed by atoms with Crippen LogP contribution in [-0.4, -0.2) is 26.2 Å². The maximum absolute atomic E-state index is 13.1. The summed E-state index contributed by atoms with van der Waals surface area (Å²) in [5.41, 5.74) is 7.82. The number of hydrogen-bond donors (Lipinski definition) is 2. The first-order valence-electron chi connectivity index (χ1n) is 12.0. The second-order valence-corrected chi connectivity index (χ2v) is 8.83. The van der Waals surface area contributed by atoms with Gasteiger partial charge in [0.1, 0.15) is 11.5 Å². The number of furan rings is 1. The first-order chi connectivity index (χ1) is 17.6. The van der Waals surface area contributed by atoms with E-state index < -0.39 is 11.2 Å². The molecule has 1 aliphatic carbocycles. The Kier molecular flexibility index (Phi) is 6.83.